The number of nitrogens with one attached hydrogen (secondary N) is 2. The summed E-state index contributed by atoms with van der Waals surface area (Å²) < 4.78 is 0. The molecule has 0 unspecified atom stereocenters. The Kier molecular flexibility index (Phi) is 4.90. The van der Waals surface area contributed by atoms with E-state index < -0.39 is 0 Å². The molecule has 0 aliphatic rings. The topological polar surface area (TPSA) is 66.9 Å². The zero-order valence-electron chi connectivity index (χ0n) is 11.1. The van der Waals surface area contributed by atoms with Gasteiger partial charge in [0, 0.05) is 18.1 Å². The first kappa shape index (κ1) is 14.3. The van der Waals surface area contributed by atoms with Crippen LogP contribution in [0.15, 0.2) is 36.4 Å². The van der Waals surface area contributed by atoms with E-state index in [0.717, 1.165) is 12.1 Å². The first-order valence-electron chi connectivity index (χ1n) is 6.29. The Hall–Kier alpha value is -2.14. The smallest absolute Gasteiger partial charge is 0.272 e. The van der Waals surface area contributed by atoms with Crippen LogP contribution in [0.25, 0.3) is 0 Å². The fraction of sp³-hybridized carbons (Fsp3) is 0.214. The second-order valence-electron chi connectivity index (χ2n) is 4.15. The van der Waals surface area contributed by atoms with Crippen LogP contribution in [0.4, 0.5) is 5.82 Å². The van der Waals surface area contributed by atoms with Gasteiger partial charge >= 0.3 is 0 Å². The Morgan fingerprint density at radius 2 is 2.10 bits per heavy atom. The van der Waals surface area contributed by atoms with E-state index in [1.165, 1.54) is 0 Å². The minimum absolute atomic E-state index is 0.263. The highest BCUT2D eigenvalue weighted by Gasteiger charge is 2.07. The van der Waals surface area contributed by atoms with Gasteiger partial charge in [-0.15, -0.1) is 10.2 Å². The monoisotopic (exact) mass is 290 g/mol. The van der Waals surface area contributed by atoms with Crippen LogP contribution >= 0.6 is 11.6 Å². The van der Waals surface area contributed by atoms with Gasteiger partial charge in [0.15, 0.2) is 5.69 Å². The molecule has 20 heavy (non-hydrogen) atoms. The zero-order valence-corrected chi connectivity index (χ0v) is 11.8. The number of hydrogen-bond donors (Lipinski definition) is 2. The summed E-state index contributed by atoms with van der Waals surface area (Å²) in [6.07, 6.45) is 0. The van der Waals surface area contributed by atoms with Gasteiger partial charge in [-0.25, -0.2) is 0 Å². The number of carbonyl (C=O) groups excluding carboxylic acids is 1. The van der Waals surface area contributed by atoms with Crippen molar-refractivity contribution in [1.82, 2.24) is 15.5 Å². The van der Waals surface area contributed by atoms with E-state index in [2.05, 4.69) is 20.8 Å². The van der Waals surface area contributed by atoms with Crippen molar-refractivity contribution in [2.75, 3.05) is 11.9 Å². The van der Waals surface area contributed by atoms with Crippen molar-refractivity contribution >= 4 is 23.3 Å². The van der Waals surface area contributed by atoms with Gasteiger partial charge in [0.05, 0.1) is 0 Å². The van der Waals surface area contributed by atoms with Gasteiger partial charge in [-0.3, -0.25) is 4.79 Å². The standard InChI is InChI=1S/C14H15ClN4O/c1-2-16-13-7-6-12(18-19-13)14(20)17-9-10-4-3-5-11(15)8-10/h3-8H,2,9H2,1H3,(H,16,19)(H,17,20). The van der Waals surface area contributed by atoms with Crippen molar-refractivity contribution in [3.8, 4) is 0 Å². The summed E-state index contributed by atoms with van der Waals surface area (Å²) in [5.41, 5.74) is 1.22. The molecule has 0 aliphatic heterocycles. The third-order valence-electron chi connectivity index (χ3n) is 2.60. The van der Waals surface area contributed by atoms with Gasteiger partial charge in [-0.2, -0.15) is 0 Å². The number of carbonyl (C=O) groups is 1. The Morgan fingerprint density at radius 1 is 1.25 bits per heavy atom. The molecule has 2 aromatic rings. The third kappa shape index (κ3) is 3.93. The Morgan fingerprint density at radius 3 is 2.75 bits per heavy atom. The molecular formula is C14H15ClN4O. The van der Waals surface area contributed by atoms with Crippen molar-refractivity contribution in [3.05, 3.63) is 52.7 Å². The average Bonchev–Trinajstić information content (AvgIpc) is 2.46. The van der Waals surface area contributed by atoms with Gasteiger partial charge < -0.3 is 10.6 Å². The van der Waals surface area contributed by atoms with E-state index in [-0.39, 0.29) is 11.6 Å². The maximum Gasteiger partial charge on any atom is 0.272 e. The van der Waals surface area contributed by atoms with E-state index in [1.54, 1.807) is 18.2 Å². The molecule has 2 rings (SSSR count). The minimum atomic E-state index is -0.263. The number of nitrogens with zero attached hydrogens (tertiary/aromatic N) is 2. The lowest BCUT2D eigenvalue weighted by Crippen LogP contribution is -2.24. The van der Waals surface area contributed by atoms with E-state index >= 15 is 0 Å². The molecular weight excluding hydrogens is 276 g/mol. The van der Waals surface area contributed by atoms with Gasteiger partial charge in [0.2, 0.25) is 0 Å². The lowest BCUT2D eigenvalue weighted by atomic mass is 10.2. The fourth-order valence-electron chi connectivity index (χ4n) is 1.65. The predicted octanol–water partition coefficient (Wildman–Crippen LogP) is 2.49. The number of rotatable bonds is 5. The number of anilines is 1. The Balaban J connectivity index is 1.94. The minimum Gasteiger partial charge on any atom is -0.369 e. The fourth-order valence-corrected chi connectivity index (χ4v) is 1.86. The lowest BCUT2D eigenvalue weighted by molar-refractivity contribution is 0.0945. The predicted molar refractivity (Wildman–Crippen MR) is 78.8 cm³/mol. The number of hydrogen-bond acceptors (Lipinski definition) is 4. The van der Waals surface area contributed by atoms with Crippen molar-refractivity contribution in [3.63, 3.8) is 0 Å². The largest absolute Gasteiger partial charge is 0.369 e. The van der Waals surface area contributed by atoms with Gasteiger partial charge in [0.1, 0.15) is 5.82 Å². The SMILES string of the molecule is CCNc1ccc(C(=O)NCc2cccc(Cl)c2)nn1. The molecule has 104 valence electrons. The highest BCUT2D eigenvalue weighted by molar-refractivity contribution is 6.30. The maximum atomic E-state index is 11.9. The van der Waals surface area contributed by atoms with E-state index in [9.17, 15) is 4.79 Å². The summed E-state index contributed by atoms with van der Waals surface area (Å²) in [7, 11) is 0. The summed E-state index contributed by atoms with van der Waals surface area (Å²) >= 11 is 5.88. The number of aromatic nitrogens is 2. The van der Waals surface area contributed by atoms with Crippen LogP contribution in [-0.4, -0.2) is 22.6 Å². The van der Waals surface area contributed by atoms with Crippen LogP contribution < -0.4 is 10.6 Å². The average molecular weight is 291 g/mol. The number of benzene rings is 1. The molecule has 0 bridgehead atoms. The molecule has 1 heterocycles. The van der Waals surface area contributed by atoms with Crippen LogP contribution in [0.3, 0.4) is 0 Å². The van der Waals surface area contributed by atoms with Gasteiger partial charge in [-0.1, -0.05) is 23.7 Å². The lowest BCUT2D eigenvalue weighted by Gasteiger charge is -2.06. The summed E-state index contributed by atoms with van der Waals surface area (Å²) in [6, 6.07) is 10.7. The highest BCUT2D eigenvalue weighted by Crippen LogP contribution is 2.10. The van der Waals surface area contributed by atoms with Crippen LogP contribution in [0, 0.1) is 0 Å². The summed E-state index contributed by atoms with van der Waals surface area (Å²) in [5.74, 6) is 0.388. The highest BCUT2D eigenvalue weighted by atomic mass is 35.5. The zero-order chi connectivity index (χ0) is 14.4. The van der Waals surface area contributed by atoms with E-state index in [0.29, 0.717) is 17.4 Å². The van der Waals surface area contributed by atoms with Crippen LogP contribution in [0.5, 0.6) is 0 Å². The van der Waals surface area contributed by atoms with Crippen molar-refractivity contribution in [2.45, 2.75) is 13.5 Å². The van der Waals surface area contributed by atoms with Crippen LogP contribution in [0.2, 0.25) is 5.02 Å². The molecule has 0 atom stereocenters. The quantitative estimate of drug-likeness (QED) is 0.888. The summed E-state index contributed by atoms with van der Waals surface area (Å²) in [5, 5.41) is 14.2. The molecule has 2 N–H and O–H groups in total. The molecule has 0 saturated heterocycles. The maximum absolute atomic E-state index is 11.9. The molecule has 0 radical (unpaired) electrons. The molecule has 0 aliphatic carbocycles. The molecule has 0 saturated carbocycles. The normalized spacial score (nSPS) is 10.1. The van der Waals surface area contributed by atoms with Crippen molar-refractivity contribution in [1.29, 1.82) is 0 Å². The molecule has 1 amide bonds. The van der Waals surface area contributed by atoms with Crippen molar-refractivity contribution in [2.24, 2.45) is 0 Å². The molecule has 0 spiro atoms. The number of amides is 1. The Bertz CT molecular complexity index is 586. The third-order valence-corrected chi connectivity index (χ3v) is 2.83. The van der Waals surface area contributed by atoms with Gasteiger partial charge in [-0.05, 0) is 36.8 Å². The van der Waals surface area contributed by atoms with Crippen LogP contribution in [0.1, 0.15) is 23.0 Å². The van der Waals surface area contributed by atoms with Gasteiger partial charge in [0.25, 0.3) is 5.91 Å². The van der Waals surface area contributed by atoms with Crippen molar-refractivity contribution < 1.29 is 4.79 Å². The molecule has 5 nitrogen and oxygen atoms in total. The second kappa shape index (κ2) is 6.86. The first-order chi connectivity index (χ1) is 9.69. The second-order valence-corrected chi connectivity index (χ2v) is 4.58. The first-order valence-corrected chi connectivity index (χ1v) is 6.67. The summed E-state index contributed by atoms with van der Waals surface area (Å²) in [4.78, 5) is 11.9. The molecule has 1 aromatic heterocycles. The molecule has 0 fully saturated rings. The van der Waals surface area contributed by atoms with E-state index in [1.807, 2.05) is 25.1 Å². The van der Waals surface area contributed by atoms with E-state index in [4.69, 9.17) is 11.6 Å². The number of halogens is 1. The Labute approximate surface area is 122 Å². The molecule has 1 aromatic carbocycles. The summed E-state index contributed by atoms with van der Waals surface area (Å²) in [6.45, 7) is 3.12. The van der Waals surface area contributed by atoms with Crippen LogP contribution in [-0.2, 0) is 6.54 Å². The molecule has 6 heteroatoms.